The molecular weight excluding hydrogens is 268 g/mol. The Hall–Kier alpha value is -1.17. The average molecular weight is 289 g/mol. The number of unbranched alkanes of at least 4 members (excludes halogenated alkanes) is 1. The Morgan fingerprint density at radius 2 is 2.11 bits per heavy atom. The van der Waals surface area contributed by atoms with E-state index < -0.39 is 0 Å². The van der Waals surface area contributed by atoms with Crippen molar-refractivity contribution >= 4 is 12.4 Å². The van der Waals surface area contributed by atoms with Crippen molar-refractivity contribution in [2.24, 2.45) is 11.5 Å². The van der Waals surface area contributed by atoms with Crippen LogP contribution in [-0.4, -0.2) is 20.4 Å². The van der Waals surface area contributed by atoms with Gasteiger partial charge in [-0.15, -0.1) is 12.4 Å². The summed E-state index contributed by atoms with van der Waals surface area (Å²) in [7, 11) is 1.61. The number of ether oxygens (including phenoxy) is 3. The van der Waals surface area contributed by atoms with Crippen molar-refractivity contribution < 1.29 is 14.2 Å². The highest BCUT2D eigenvalue weighted by molar-refractivity contribution is 5.85. The first-order valence-electron chi connectivity index (χ1n) is 6.19. The summed E-state index contributed by atoms with van der Waals surface area (Å²) in [5.74, 6) is 2.04. The summed E-state index contributed by atoms with van der Waals surface area (Å²) < 4.78 is 16.0. The number of nitrogens with two attached hydrogens (primary N) is 2. The van der Waals surface area contributed by atoms with E-state index in [-0.39, 0.29) is 25.2 Å². The van der Waals surface area contributed by atoms with Crippen molar-refractivity contribution in [1.29, 1.82) is 0 Å². The van der Waals surface area contributed by atoms with Crippen molar-refractivity contribution in [3.05, 3.63) is 17.7 Å². The standard InChI is InChI=1S/C13H20N2O3.ClH/c1-16-11-6-9(10(15)4-2-3-5-14)7-12-13(11)18-8-17-12;/h6-7,10H,2-5,8,14-15H2,1H3;1H/t10-;/m0./s1. The summed E-state index contributed by atoms with van der Waals surface area (Å²) in [5, 5.41) is 0. The molecule has 1 aromatic rings. The predicted octanol–water partition coefficient (Wildman–Crippen LogP) is 1.97. The van der Waals surface area contributed by atoms with Gasteiger partial charge in [0.25, 0.3) is 0 Å². The number of methoxy groups -OCH3 is 1. The van der Waals surface area contributed by atoms with E-state index in [4.69, 9.17) is 25.7 Å². The van der Waals surface area contributed by atoms with Gasteiger partial charge in [0, 0.05) is 6.04 Å². The van der Waals surface area contributed by atoms with Gasteiger partial charge in [0.2, 0.25) is 12.5 Å². The molecule has 0 amide bonds. The molecule has 6 heteroatoms. The molecular formula is C13H21ClN2O3. The van der Waals surface area contributed by atoms with Crippen LogP contribution in [0, 0.1) is 0 Å². The lowest BCUT2D eigenvalue weighted by Crippen LogP contribution is -2.11. The first-order valence-corrected chi connectivity index (χ1v) is 6.19. The third-order valence-corrected chi connectivity index (χ3v) is 3.08. The van der Waals surface area contributed by atoms with Crippen molar-refractivity contribution in [3.8, 4) is 17.2 Å². The lowest BCUT2D eigenvalue weighted by atomic mass is 10.0. The van der Waals surface area contributed by atoms with Crippen LogP contribution < -0.4 is 25.7 Å². The molecule has 0 saturated carbocycles. The van der Waals surface area contributed by atoms with Gasteiger partial charge in [0.05, 0.1) is 7.11 Å². The molecule has 1 atom stereocenters. The molecule has 0 bridgehead atoms. The summed E-state index contributed by atoms with van der Waals surface area (Å²) >= 11 is 0. The molecule has 5 nitrogen and oxygen atoms in total. The Labute approximate surface area is 119 Å². The Bertz CT molecular complexity index is 415. The topological polar surface area (TPSA) is 79.7 Å². The second-order valence-electron chi connectivity index (χ2n) is 4.35. The Kier molecular flexibility index (Phi) is 6.21. The van der Waals surface area contributed by atoms with Crippen LogP contribution >= 0.6 is 12.4 Å². The van der Waals surface area contributed by atoms with E-state index in [9.17, 15) is 0 Å². The number of hydrogen-bond donors (Lipinski definition) is 2. The normalized spacial score (nSPS) is 13.8. The number of fused-ring (bicyclic) bond motifs is 1. The van der Waals surface area contributed by atoms with Gasteiger partial charge >= 0.3 is 0 Å². The molecule has 0 fully saturated rings. The Morgan fingerprint density at radius 1 is 1.32 bits per heavy atom. The summed E-state index contributed by atoms with van der Waals surface area (Å²) in [6.45, 7) is 0.939. The smallest absolute Gasteiger partial charge is 0.231 e. The Balaban J connectivity index is 0.00000180. The molecule has 1 aromatic carbocycles. The minimum absolute atomic E-state index is 0. The van der Waals surface area contributed by atoms with E-state index in [2.05, 4.69) is 0 Å². The van der Waals surface area contributed by atoms with Crippen molar-refractivity contribution in [2.45, 2.75) is 25.3 Å². The van der Waals surface area contributed by atoms with Gasteiger partial charge in [-0.2, -0.15) is 0 Å². The van der Waals surface area contributed by atoms with Crippen LogP contribution in [0.4, 0.5) is 0 Å². The highest BCUT2D eigenvalue weighted by Crippen LogP contribution is 2.43. The van der Waals surface area contributed by atoms with Gasteiger partial charge in [0.1, 0.15) is 0 Å². The van der Waals surface area contributed by atoms with Crippen LogP contribution in [0.15, 0.2) is 12.1 Å². The van der Waals surface area contributed by atoms with Gasteiger partial charge in [0.15, 0.2) is 11.5 Å². The van der Waals surface area contributed by atoms with Crippen LogP contribution in [0.2, 0.25) is 0 Å². The molecule has 0 unspecified atom stereocenters. The van der Waals surface area contributed by atoms with E-state index in [0.717, 1.165) is 24.8 Å². The molecule has 0 saturated heterocycles. The lowest BCUT2D eigenvalue weighted by molar-refractivity contribution is 0.171. The van der Waals surface area contributed by atoms with Crippen LogP contribution in [0.3, 0.4) is 0 Å². The maximum Gasteiger partial charge on any atom is 0.231 e. The van der Waals surface area contributed by atoms with Gasteiger partial charge < -0.3 is 25.7 Å². The summed E-state index contributed by atoms with van der Waals surface area (Å²) in [4.78, 5) is 0. The fraction of sp³-hybridized carbons (Fsp3) is 0.538. The molecule has 1 aliphatic rings. The number of halogens is 1. The lowest BCUT2D eigenvalue weighted by Gasteiger charge is -2.14. The molecule has 1 heterocycles. The molecule has 0 aromatic heterocycles. The van der Waals surface area contributed by atoms with Crippen LogP contribution in [-0.2, 0) is 0 Å². The summed E-state index contributed by atoms with van der Waals surface area (Å²) in [6, 6.07) is 3.82. The second kappa shape index (κ2) is 7.43. The zero-order chi connectivity index (χ0) is 13.0. The summed E-state index contributed by atoms with van der Waals surface area (Å²) in [6.07, 6.45) is 2.92. The third kappa shape index (κ3) is 3.65. The highest BCUT2D eigenvalue weighted by Gasteiger charge is 2.21. The van der Waals surface area contributed by atoms with E-state index in [1.807, 2.05) is 12.1 Å². The van der Waals surface area contributed by atoms with E-state index in [1.165, 1.54) is 0 Å². The fourth-order valence-corrected chi connectivity index (χ4v) is 2.04. The zero-order valence-corrected chi connectivity index (χ0v) is 11.9. The molecule has 4 N–H and O–H groups in total. The first kappa shape index (κ1) is 15.9. The zero-order valence-electron chi connectivity index (χ0n) is 11.1. The second-order valence-corrected chi connectivity index (χ2v) is 4.35. The molecule has 0 aliphatic carbocycles. The SMILES string of the molecule is COc1cc([C@@H](N)CCCCN)cc2c1OCO2.Cl. The molecule has 2 rings (SSSR count). The molecule has 0 radical (unpaired) electrons. The average Bonchev–Trinajstić information content (AvgIpc) is 2.85. The van der Waals surface area contributed by atoms with Crippen LogP contribution in [0.5, 0.6) is 17.2 Å². The maximum absolute atomic E-state index is 6.16. The first-order chi connectivity index (χ1) is 8.76. The van der Waals surface area contributed by atoms with Gasteiger partial charge in [-0.25, -0.2) is 0 Å². The van der Waals surface area contributed by atoms with Crippen molar-refractivity contribution in [2.75, 3.05) is 20.4 Å². The molecule has 0 spiro atoms. The number of hydrogen-bond acceptors (Lipinski definition) is 5. The molecule has 19 heavy (non-hydrogen) atoms. The monoisotopic (exact) mass is 288 g/mol. The minimum atomic E-state index is -0.0278. The predicted molar refractivity (Wildman–Crippen MR) is 76.2 cm³/mol. The highest BCUT2D eigenvalue weighted by atomic mass is 35.5. The summed E-state index contributed by atoms with van der Waals surface area (Å²) in [5.41, 5.74) is 12.6. The van der Waals surface area contributed by atoms with Gasteiger partial charge in [-0.3, -0.25) is 0 Å². The van der Waals surface area contributed by atoms with Crippen LogP contribution in [0.1, 0.15) is 30.9 Å². The number of rotatable bonds is 6. The molecule has 1 aliphatic heterocycles. The van der Waals surface area contributed by atoms with Crippen LogP contribution in [0.25, 0.3) is 0 Å². The number of benzene rings is 1. The van der Waals surface area contributed by atoms with Gasteiger partial charge in [-0.1, -0.05) is 6.42 Å². The minimum Gasteiger partial charge on any atom is -0.493 e. The fourth-order valence-electron chi connectivity index (χ4n) is 2.04. The van der Waals surface area contributed by atoms with Crippen molar-refractivity contribution in [3.63, 3.8) is 0 Å². The largest absolute Gasteiger partial charge is 0.493 e. The molecule has 108 valence electrons. The van der Waals surface area contributed by atoms with Gasteiger partial charge in [-0.05, 0) is 37.1 Å². The Morgan fingerprint density at radius 3 is 2.79 bits per heavy atom. The van der Waals surface area contributed by atoms with E-state index >= 15 is 0 Å². The van der Waals surface area contributed by atoms with Crippen molar-refractivity contribution in [1.82, 2.24) is 0 Å². The third-order valence-electron chi connectivity index (χ3n) is 3.08. The maximum atomic E-state index is 6.16. The quantitative estimate of drug-likeness (QED) is 0.783. The van der Waals surface area contributed by atoms with E-state index in [0.29, 0.717) is 23.8 Å². The van der Waals surface area contributed by atoms with E-state index in [1.54, 1.807) is 7.11 Å².